The molecule has 0 amide bonds. The lowest BCUT2D eigenvalue weighted by Gasteiger charge is -2.23. The molecule has 1 heterocycles. The summed E-state index contributed by atoms with van der Waals surface area (Å²) in [5.41, 5.74) is 1.21. The minimum atomic E-state index is 0.303. The number of aliphatic hydroxyl groups excluding tert-OH is 1. The molecule has 2 N–H and O–H groups in total. The fourth-order valence-electron chi connectivity index (χ4n) is 2.52. The topological polar surface area (TPSA) is 45.1 Å². The van der Waals surface area contributed by atoms with Crippen molar-refractivity contribution in [3.8, 4) is 0 Å². The smallest absolute Gasteiger partial charge is 0.0474 e. The zero-order valence-electron chi connectivity index (χ0n) is 9.76. The van der Waals surface area contributed by atoms with Crippen LogP contribution < -0.4 is 5.32 Å². The summed E-state index contributed by atoms with van der Waals surface area (Å²) in [4.78, 5) is 4.13. The van der Waals surface area contributed by atoms with Crippen molar-refractivity contribution in [3.63, 3.8) is 0 Å². The number of hydrogen-bond donors (Lipinski definition) is 2. The van der Waals surface area contributed by atoms with Gasteiger partial charge < -0.3 is 10.4 Å². The second-order valence-electron chi connectivity index (χ2n) is 4.65. The van der Waals surface area contributed by atoms with Crippen molar-refractivity contribution in [2.24, 2.45) is 5.92 Å². The Morgan fingerprint density at radius 1 is 1.56 bits per heavy atom. The number of pyridine rings is 1. The highest BCUT2D eigenvalue weighted by Gasteiger charge is 2.27. The molecule has 16 heavy (non-hydrogen) atoms. The number of aromatic nitrogens is 1. The number of nitrogens with zero attached hydrogens (tertiary/aromatic N) is 1. The molecule has 3 nitrogen and oxygen atoms in total. The van der Waals surface area contributed by atoms with Crippen molar-refractivity contribution < 1.29 is 5.11 Å². The average molecular weight is 220 g/mol. The van der Waals surface area contributed by atoms with E-state index in [0.717, 1.165) is 6.42 Å². The Hall–Kier alpha value is -0.930. The van der Waals surface area contributed by atoms with Crippen molar-refractivity contribution in [3.05, 3.63) is 30.1 Å². The highest BCUT2D eigenvalue weighted by atomic mass is 16.3. The molecular formula is C13H20N2O. The van der Waals surface area contributed by atoms with Crippen LogP contribution in [-0.2, 0) is 0 Å². The average Bonchev–Trinajstić information content (AvgIpc) is 2.77. The van der Waals surface area contributed by atoms with Crippen molar-refractivity contribution >= 4 is 0 Å². The summed E-state index contributed by atoms with van der Waals surface area (Å²) in [6.07, 6.45) is 7.25. The van der Waals surface area contributed by atoms with Crippen LogP contribution in [0.4, 0.5) is 0 Å². The second-order valence-corrected chi connectivity index (χ2v) is 4.65. The Balaban J connectivity index is 1.94. The van der Waals surface area contributed by atoms with Gasteiger partial charge in [0.15, 0.2) is 0 Å². The summed E-state index contributed by atoms with van der Waals surface area (Å²) in [6.45, 7) is 2.46. The maximum atomic E-state index is 9.27. The van der Waals surface area contributed by atoms with Crippen molar-refractivity contribution in [1.82, 2.24) is 10.3 Å². The lowest BCUT2D eigenvalue weighted by molar-refractivity contribution is 0.200. The predicted molar refractivity (Wildman–Crippen MR) is 64.0 cm³/mol. The van der Waals surface area contributed by atoms with Crippen molar-refractivity contribution in [2.75, 3.05) is 6.61 Å². The van der Waals surface area contributed by atoms with Gasteiger partial charge in [0.1, 0.15) is 0 Å². The first-order chi connectivity index (χ1) is 7.81. The van der Waals surface area contributed by atoms with E-state index in [1.54, 1.807) is 6.20 Å². The van der Waals surface area contributed by atoms with Crippen LogP contribution >= 0.6 is 0 Å². The molecule has 0 aromatic carbocycles. The molecule has 0 aliphatic heterocycles. The van der Waals surface area contributed by atoms with Gasteiger partial charge in [-0.05, 0) is 37.3 Å². The number of rotatable bonds is 4. The quantitative estimate of drug-likeness (QED) is 0.814. The molecule has 0 bridgehead atoms. The summed E-state index contributed by atoms with van der Waals surface area (Å²) in [5.74, 6) is 0.430. The van der Waals surface area contributed by atoms with E-state index >= 15 is 0 Å². The fourth-order valence-corrected chi connectivity index (χ4v) is 2.52. The van der Waals surface area contributed by atoms with Crippen LogP contribution in [0.5, 0.6) is 0 Å². The standard InChI is InChI=1S/C13H20N2O/c1-10(11-5-3-7-14-8-11)15-13-6-2-4-12(13)9-16/h3,5,7-8,10,12-13,15-16H,2,4,6,9H2,1H3. The molecule has 1 aromatic heterocycles. The lowest BCUT2D eigenvalue weighted by atomic mass is 10.0. The highest BCUT2D eigenvalue weighted by molar-refractivity contribution is 5.13. The van der Waals surface area contributed by atoms with Crippen LogP contribution in [0.3, 0.4) is 0 Å². The van der Waals surface area contributed by atoms with Gasteiger partial charge in [0, 0.05) is 31.1 Å². The largest absolute Gasteiger partial charge is 0.396 e. The van der Waals surface area contributed by atoms with Crippen LogP contribution in [0.15, 0.2) is 24.5 Å². The van der Waals surface area contributed by atoms with E-state index in [-0.39, 0.29) is 0 Å². The van der Waals surface area contributed by atoms with Gasteiger partial charge in [0.25, 0.3) is 0 Å². The van der Waals surface area contributed by atoms with Gasteiger partial charge in [-0.15, -0.1) is 0 Å². The molecule has 0 saturated heterocycles. The van der Waals surface area contributed by atoms with Crippen molar-refractivity contribution in [1.29, 1.82) is 0 Å². The molecule has 0 spiro atoms. The third-order valence-corrected chi connectivity index (χ3v) is 3.54. The fraction of sp³-hybridized carbons (Fsp3) is 0.615. The molecule has 2 rings (SSSR count). The summed E-state index contributed by atoms with van der Waals surface area (Å²) in [5, 5.41) is 12.9. The third-order valence-electron chi connectivity index (χ3n) is 3.54. The van der Waals surface area contributed by atoms with Crippen molar-refractivity contribution in [2.45, 2.75) is 38.3 Å². The molecule has 1 aromatic rings. The molecule has 88 valence electrons. The van der Waals surface area contributed by atoms with E-state index in [1.165, 1.54) is 18.4 Å². The molecule has 1 aliphatic rings. The normalized spacial score (nSPS) is 26.9. The van der Waals surface area contributed by atoms with E-state index in [1.807, 2.05) is 12.3 Å². The zero-order valence-corrected chi connectivity index (χ0v) is 9.76. The third kappa shape index (κ3) is 2.60. The van der Waals surface area contributed by atoms with E-state index in [9.17, 15) is 5.11 Å². The van der Waals surface area contributed by atoms with Gasteiger partial charge in [0.2, 0.25) is 0 Å². The molecular weight excluding hydrogens is 200 g/mol. The number of nitrogens with one attached hydrogen (secondary N) is 1. The minimum absolute atomic E-state index is 0.303. The maximum Gasteiger partial charge on any atom is 0.0474 e. The first-order valence-electron chi connectivity index (χ1n) is 6.08. The second kappa shape index (κ2) is 5.41. The van der Waals surface area contributed by atoms with Crippen LogP contribution in [-0.4, -0.2) is 22.7 Å². The Kier molecular flexibility index (Phi) is 3.91. The zero-order chi connectivity index (χ0) is 11.4. The van der Waals surface area contributed by atoms with Crippen LogP contribution in [0.1, 0.15) is 37.8 Å². The van der Waals surface area contributed by atoms with Gasteiger partial charge in [-0.2, -0.15) is 0 Å². The van der Waals surface area contributed by atoms with Crippen LogP contribution in [0.25, 0.3) is 0 Å². The Bertz CT molecular complexity index is 315. The Labute approximate surface area is 96.9 Å². The number of aliphatic hydroxyl groups is 1. The van der Waals surface area contributed by atoms with Gasteiger partial charge >= 0.3 is 0 Å². The Morgan fingerprint density at radius 3 is 3.12 bits per heavy atom. The first-order valence-corrected chi connectivity index (χ1v) is 6.08. The predicted octanol–water partition coefficient (Wildman–Crippen LogP) is 1.89. The SMILES string of the molecule is CC(NC1CCCC1CO)c1cccnc1. The summed E-state index contributed by atoms with van der Waals surface area (Å²) < 4.78 is 0. The first kappa shape index (κ1) is 11.6. The monoisotopic (exact) mass is 220 g/mol. The molecule has 1 fully saturated rings. The molecule has 3 atom stereocenters. The molecule has 0 radical (unpaired) electrons. The highest BCUT2D eigenvalue weighted by Crippen LogP contribution is 2.27. The number of hydrogen-bond acceptors (Lipinski definition) is 3. The van der Waals surface area contributed by atoms with E-state index < -0.39 is 0 Å². The minimum Gasteiger partial charge on any atom is -0.396 e. The van der Waals surface area contributed by atoms with Crippen LogP contribution in [0.2, 0.25) is 0 Å². The Morgan fingerprint density at radius 2 is 2.44 bits per heavy atom. The molecule has 3 heteroatoms. The van der Waals surface area contributed by atoms with Gasteiger partial charge in [-0.25, -0.2) is 0 Å². The summed E-state index contributed by atoms with van der Waals surface area (Å²) >= 11 is 0. The van der Waals surface area contributed by atoms with E-state index in [0.29, 0.717) is 24.6 Å². The molecule has 1 saturated carbocycles. The van der Waals surface area contributed by atoms with E-state index in [4.69, 9.17) is 0 Å². The molecule has 1 aliphatic carbocycles. The molecule has 3 unspecified atom stereocenters. The lowest BCUT2D eigenvalue weighted by Crippen LogP contribution is -2.35. The van der Waals surface area contributed by atoms with Gasteiger partial charge in [0.05, 0.1) is 0 Å². The van der Waals surface area contributed by atoms with E-state index in [2.05, 4.69) is 23.3 Å². The van der Waals surface area contributed by atoms with Crippen LogP contribution in [0, 0.1) is 5.92 Å². The van der Waals surface area contributed by atoms with Gasteiger partial charge in [-0.3, -0.25) is 4.98 Å². The maximum absolute atomic E-state index is 9.27. The summed E-state index contributed by atoms with van der Waals surface area (Å²) in [7, 11) is 0. The summed E-state index contributed by atoms with van der Waals surface area (Å²) in [6, 6.07) is 4.82. The van der Waals surface area contributed by atoms with Gasteiger partial charge in [-0.1, -0.05) is 12.5 Å².